The highest BCUT2D eigenvalue weighted by molar-refractivity contribution is 7.78. The van der Waals surface area contributed by atoms with E-state index >= 15 is 0 Å². The predicted molar refractivity (Wildman–Crippen MR) is 87.0 cm³/mol. The molecule has 21 heavy (non-hydrogen) atoms. The average molecular weight is 307 g/mol. The average Bonchev–Trinajstić information content (AvgIpc) is 2.44. The number of nitrogens with one attached hydrogen (secondary N) is 2. The largest absolute Gasteiger partial charge is 0.772 e. The third kappa shape index (κ3) is 5.89. The molecule has 1 rings (SSSR count). The normalized spacial score (nSPS) is 15.2. The molecule has 3 atom stereocenters. The van der Waals surface area contributed by atoms with Gasteiger partial charge in [-0.1, -0.05) is 55.6 Å². The summed E-state index contributed by atoms with van der Waals surface area (Å²) in [7, 11) is 0. The summed E-state index contributed by atoms with van der Waals surface area (Å²) in [5.41, 5.74) is 2.54. The minimum Gasteiger partial charge on any atom is -0.772 e. The maximum Gasteiger partial charge on any atom is 0.0353 e. The maximum atomic E-state index is 10.7. The summed E-state index contributed by atoms with van der Waals surface area (Å²) < 4.78 is 21.3. The number of hydrogen-bond acceptors (Lipinski definition) is 4. The molecule has 0 saturated carbocycles. The van der Waals surface area contributed by atoms with Crippen molar-refractivity contribution in [3.05, 3.63) is 35.4 Å². The Morgan fingerprint density at radius 2 is 2.00 bits per heavy atom. The molecule has 0 amide bonds. The Kier molecular flexibility index (Phi) is 7.47. The molecule has 0 radical (unpaired) electrons. The van der Waals surface area contributed by atoms with Crippen molar-refractivity contribution in [3.63, 3.8) is 0 Å². The van der Waals surface area contributed by atoms with Crippen LogP contribution in [0.25, 0.3) is 0 Å². The van der Waals surface area contributed by atoms with Crippen molar-refractivity contribution >= 4 is 23.0 Å². The molecule has 4 nitrogen and oxygen atoms in total. The molecule has 0 saturated heterocycles. The summed E-state index contributed by atoms with van der Waals surface area (Å²) in [5.74, 6) is 0.194. The first-order valence-electron chi connectivity index (χ1n) is 7.19. The third-order valence-electron chi connectivity index (χ3n) is 3.68. The highest BCUT2D eigenvalue weighted by Crippen LogP contribution is 2.26. The molecule has 2 N–H and O–H groups in total. The monoisotopic (exact) mass is 307 g/mol. The second kappa shape index (κ2) is 8.85. The van der Waals surface area contributed by atoms with Crippen LogP contribution in [0.5, 0.6) is 0 Å². The summed E-state index contributed by atoms with van der Waals surface area (Å²) in [5, 5.41) is 15.5. The fourth-order valence-electron chi connectivity index (χ4n) is 2.37. The standard InChI is InChI=1S/C16H24N2O2S/c1-3-4-16(18)9-15(10-17)12(2)14-7-5-13(6-8-14)11-21(19)20/h5-8,10,12,15,17-18H,3-4,9,11H2,1-2H3,(H,19,20)/p-1. The third-order valence-corrected chi connectivity index (χ3v) is 4.25. The second-order valence-corrected chi connectivity index (χ2v) is 6.26. The van der Waals surface area contributed by atoms with Crippen molar-refractivity contribution in [2.45, 2.75) is 44.8 Å². The zero-order chi connectivity index (χ0) is 15.8. The van der Waals surface area contributed by atoms with Crippen LogP contribution in [0.3, 0.4) is 0 Å². The smallest absolute Gasteiger partial charge is 0.0353 e. The molecule has 0 aliphatic carbocycles. The van der Waals surface area contributed by atoms with Gasteiger partial charge in [-0.15, -0.1) is 0 Å². The lowest BCUT2D eigenvalue weighted by atomic mass is 9.84. The van der Waals surface area contributed by atoms with Gasteiger partial charge < -0.3 is 15.4 Å². The van der Waals surface area contributed by atoms with E-state index in [1.54, 1.807) is 0 Å². The van der Waals surface area contributed by atoms with E-state index in [4.69, 9.17) is 10.8 Å². The molecule has 0 aromatic heterocycles. The SMILES string of the molecule is CCCC(=N)CC(C=N)C(C)c1ccc(CS(=O)[O-])cc1. The van der Waals surface area contributed by atoms with Crippen LogP contribution in [0.15, 0.2) is 24.3 Å². The first-order chi connectivity index (χ1) is 9.97. The van der Waals surface area contributed by atoms with Gasteiger partial charge in [0.1, 0.15) is 0 Å². The van der Waals surface area contributed by atoms with Crippen LogP contribution >= 0.6 is 0 Å². The van der Waals surface area contributed by atoms with E-state index in [1.807, 2.05) is 24.3 Å². The summed E-state index contributed by atoms with van der Waals surface area (Å²) in [6, 6.07) is 7.49. The molecule has 1 aromatic carbocycles. The molecular formula is C16H23N2O2S-. The summed E-state index contributed by atoms with van der Waals surface area (Å²) >= 11 is -2.07. The van der Waals surface area contributed by atoms with Crippen molar-refractivity contribution in [2.75, 3.05) is 0 Å². The van der Waals surface area contributed by atoms with Crippen molar-refractivity contribution < 1.29 is 8.76 Å². The van der Waals surface area contributed by atoms with Crippen molar-refractivity contribution in [1.29, 1.82) is 10.8 Å². The lowest BCUT2D eigenvalue weighted by Gasteiger charge is -2.21. The molecule has 0 bridgehead atoms. The Morgan fingerprint density at radius 1 is 1.38 bits per heavy atom. The van der Waals surface area contributed by atoms with E-state index in [-0.39, 0.29) is 17.6 Å². The maximum absolute atomic E-state index is 10.7. The van der Waals surface area contributed by atoms with Gasteiger partial charge in [-0.2, -0.15) is 0 Å². The molecule has 116 valence electrons. The second-order valence-electron chi connectivity index (χ2n) is 5.37. The number of benzene rings is 1. The minimum absolute atomic E-state index is 0.0172. The van der Waals surface area contributed by atoms with Crippen molar-refractivity contribution in [3.8, 4) is 0 Å². The van der Waals surface area contributed by atoms with Gasteiger partial charge in [0.15, 0.2) is 0 Å². The van der Waals surface area contributed by atoms with Crippen LogP contribution in [0.4, 0.5) is 0 Å². The molecular weight excluding hydrogens is 284 g/mol. The molecule has 0 fully saturated rings. The zero-order valence-corrected chi connectivity index (χ0v) is 13.4. The van der Waals surface area contributed by atoms with E-state index in [1.165, 1.54) is 6.21 Å². The zero-order valence-electron chi connectivity index (χ0n) is 12.6. The molecule has 0 spiro atoms. The number of rotatable bonds is 9. The van der Waals surface area contributed by atoms with Crippen LogP contribution in [0.1, 0.15) is 50.2 Å². The van der Waals surface area contributed by atoms with E-state index in [9.17, 15) is 8.76 Å². The summed E-state index contributed by atoms with van der Waals surface area (Å²) in [6.45, 7) is 4.10. The van der Waals surface area contributed by atoms with Gasteiger partial charge >= 0.3 is 0 Å². The number of hydrogen-bond donors (Lipinski definition) is 2. The van der Waals surface area contributed by atoms with Crippen LogP contribution in [0, 0.1) is 16.7 Å². The van der Waals surface area contributed by atoms with E-state index < -0.39 is 11.1 Å². The van der Waals surface area contributed by atoms with Crippen molar-refractivity contribution in [2.24, 2.45) is 5.92 Å². The highest BCUT2D eigenvalue weighted by atomic mass is 32.2. The molecule has 5 heteroatoms. The Morgan fingerprint density at radius 3 is 2.48 bits per heavy atom. The van der Waals surface area contributed by atoms with Gasteiger partial charge in [-0.25, -0.2) is 0 Å². The first-order valence-corrected chi connectivity index (χ1v) is 8.43. The predicted octanol–water partition coefficient (Wildman–Crippen LogP) is 3.64. The topological polar surface area (TPSA) is 87.8 Å². The summed E-state index contributed by atoms with van der Waals surface area (Å²) in [6.07, 6.45) is 3.78. The Bertz CT molecular complexity index is 500. The van der Waals surface area contributed by atoms with E-state index in [0.29, 0.717) is 12.1 Å². The lowest BCUT2D eigenvalue weighted by molar-refractivity contribution is 0.536. The fourth-order valence-corrected chi connectivity index (χ4v) is 2.83. The fraction of sp³-hybridized carbons (Fsp3) is 0.500. The Labute approximate surface area is 129 Å². The summed E-state index contributed by atoms with van der Waals surface area (Å²) in [4.78, 5) is 0. The molecule has 0 heterocycles. The molecule has 3 unspecified atom stereocenters. The van der Waals surface area contributed by atoms with Crippen LogP contribution in [-0.4, -0.2) is 20.7 Å². The quantitative estimate of drug-likeness (QED) is 0.539. The molecule has 0 aliphatic rings. The van der Waals surface area contributed by atoms with Gasteiger partial charge in [-0.3, -0.25) is 4.21 Å². The van der Waals surface area contributed by atoms with Crippen molar-refractivity contribution in [1.82, 2.24) is 0 Å². The van der Waals surface area contributed by atoms with E-state index in [0.717, 1.165) is 24.0 Å². The Balaban J connectivity index is 2.75. The van der Waals surface area contributed by atoms with E-state index in [2.05, 4.69) is 13.8 Å². The van der Waals surface area contributed by atoms with Gasteiger partial charge in [0.2, 0.25) is 0 Å². The first kappa shape index (κ1) is 17.7. The minimum atomic E-state index is -2.07. The van der Waals surface area contributed by atoms with Gasteiger partial charge in [0, 0.05) is 17.4 Å². The highest BCUT2D eigenvalue weighted by Gasteiger charge is 2.18. The molecule has 0 aliphatic heterocycles. The van der Waals surface area contributed by atoms with Gasteiger partial charge in [0.05, 0.1) is 0 Å². The van der Waals surface area contributed by atoms with Gasteiger partial charge in [0.25, 0.3) is 0 Å². The van der Waals surface area contributed by atoms with Crippen LogP contribution in [0.2, 0.25) is 0 Å². The van der Waals surface area contributed by atoms with Crippen LogP contribution in [-0.2, 0) is 16.8 Å². The lowest BCUT2D eigenvalue weighted by Crippen LogP contribution is -2.16. The molecule has 1 aromatic rings. The Hall–Kier alpha value is -1.33. The van der Waals surface area contributed by atoms with Crippen LogP contribution < -0.4 is 0 Å². The van der Waals surface area contributed by atoms with Gasteiger partial charge in [-0.05, 0) is 36.1 Å².